The number of ether oxygens (including phenoxy) is 1. The van der Waals surface area contributed by atoms with Crippen LogP contribution < -0.4 is 4.74 Å². The molecule has 5 rings (SSSR count). The second kappa shape index (κ2) is 16.3. The zero-order valence-electron chi connectivity index (χ0n) is 27.7. The Bertz CT molecular complexity index is 1310. The molecule has 0 bridgehead atoms. The van der Waals surface area contributed by atoms with Crippen molar-refractivity contribution in [2.45, 2.75) is 79.4 Å². The number of hydrogen-bond acceptors (Lipinski definition) is 4. The number of carbonyl (C=O) groups is 1. The van der Waals surface area contributed by atoms with Gasteiger partial charge in [0.1, 0.15) is 5.75 Å². The molecule has 3 aromatic rings. The van der Waals surface area contributed by atoms with Crippen molar-refractivity contribution in [3.05, 3.63) is 107 Å². The van der Waals surface area contributed by atoms with Crippen LogP contribution in [0.25, 0.3) is 5.70 Å². The summed E-state index contributed by atoms with van der Waals surface area (Å²) in [6.45, 7) is 22.1. The molecule has 0 atom stereocenters. The topological polar surface area (TPSA) is 36.0 Å². The molecule has 1 amide bonds. The summed E-state index contributed by atoms with van der Waals surface area (Å²) in [6, 6.07) is 25.5. The molecule has 2 aliphatic heterocycles. The molecule has 5 heteroatoms. The van der Waals surface area contributed by atoms with E-state index in [1.54, 1.807) is 14.0 Å². The molecule has 0 aliphatic carbocycles. The first-order valence-corrected chi connectivity index (χ1v) is 15.9. The third-order valence-corrected chi connectivity index (χ3v) is 8.67. The number of aryl methyl sites for hydroxylation is 2. The van der Waals surface area contributed by atoms with E-state index in [2.05, 4.69) is 97.8 Å². The van der Waals surface area contributed by atoms with Gasteiger partial charge in [0.25, 0.3) is 0 Å². The van der Waals surface area contributed by atoms with E-state index in [9.17, 15) is 4.79 Å². The Morgan fingerprint density at radius 2 is 1.49 bits per heavy atom. The van der Waals surface area contributed by atoms with Crippen molar-refractivity contribution in [2.24, 2.45) is 0 Å². The number of amides is 1. The van der Waals surface area contributed by atoms with Gasteiger partial charge in [0.15, 0.2) is 0 Å². The molecule has 3 aromatic carbocycles. The van der Waals surface area contributed by atoms with E-state index >= 15 is 0 Å². The average Bonchev–Trinajstić information content (AvgIpc) is 3.51. The van der Waals surface area contributed by atoms with Crippen molar-refractivity contribution in [2.75, 3.05) is 33.3 Å². The van der Waals surface area contributed by atoms with Crippen LogP contribution in [0.15, 0.2) is 79.4 Å². The Morgan fingerprint density at radius 1 is 0.860 bits per heavy atom. The molecular weight excluding hydrogens is 530 g/mol. The normalized spacial score (nSPS) is 14.6. The van der Waals surface area contributed by atoms with Gasteiger partial charge >= 0.3 is 0 Å². The van der Waals surface area contributed by atoms with Crippen molar-refractivity contribution >= 4 is 11.6 Å². The molecule has 2 heterocycles. The number of hydrogen-bond donors (Lipinski definition) is 0. The number of carbonyl (C=O) groups excluding carboxylic acids is 1. The van der Waals surface area contributed by atoms with Crippen LogP contribution in [0.4, 0.5) is 0 Å². The lowest BCUT2D eigenvalue weighted by Crippen LogP contribution is -2.47. The third kappa shape index (κ3) is 9.21. The zero-order valence-corrected chi connectivity index (χ0v) is 27.7. The van der Waals surface area contributed by atoms with E-state index in [0.717, 1.165) is 70.0 Å². The summed E-state index contributed by atoms with van der Waals surface area (Å²) < 4.78 is 5.39. The van der Waals surface area contributed by atoms with Crippen LogP contribution in [0.1, 0.15) is 75.8 Å². The molecule has 43 heavy (non-hydrogen) atoms. The van der Waals surface area contributed by atoms with E-state index in [4.69, 9.17) is 4.74 Å². The largest absolute Gasteiger partial charge is 0.497 e. The van der Waals surface area contributed by atoms with Crippen LogP contribution >= 0.6 is 0 Å². The van der Waals surface area contributed by atoms with Crippen LogP contribution in [-0.2, 0) is 30.7 Å². The highest BCUT2D eigenvalue weighted by atomic mass is 16.5. The molecular formula is C38H53N3O2. The summed E-state index contributed by atoms with van der Waals surface area (Å²) in [7, 11) is 1.72. The fourth-order valence-electron chi connectivity index (χ4n) is 5.73. The minimum atomic E-state index is 0.0772. The van der Waals surface area contributed by atoms with Crippen LogP contribution in [0, 0.1) is 0 Å². The van der Waals surface area contributed by atoms with Gasteiger partial charge in [-0.15, -0.1) is 0 Å². The number of piperazine rings is 1. The lowest BCUT2D eigenvalue weighted by molar-refractivity contribution is -0.130. The summed E-state index contributed by atoms with van der Waals surface area (Å²) in [5.41, 5.74) is 7.97. The molecule has 1 saturated heterocycles. The number of methoxy groups -OCH3 is 1. The first-order chi connectivity index (χ1) is 20.7. The Labute approximate surface area is 261 Å². The molecule has 1 fully saturated rings. The Kier molecular flexibility index (Phi) is 12.9. The number of fused-ring (bicyclic) bond motifs is 1. The fraction of sp³-hybridized carbons (Fsp3) is 0.447. The highest BCUT2D eigenvalue weighted by molar-refractivity contribution is 5.73. The van der Waals surface area contributed by atoms with E-state index in [1.807, 2.05) is 30.9 Å². The van der Waals surface area contributed by atoms with Crippen LogP contribution in [-0.4, -0.2) is 59.4 Å². The summed E-state index contributed by atoms with van der Waals surface area (Å²) in [6.07, 6.45) is 3.25. The van der Waals surface area contributed by atoms with Crippen LogP contribution in [0.5, 0.6) is 5.75 Å². The minimum absolute atomic E-state index is 0.0772. The molecule has 232 valence electrons. The molecule has 0 aromatic heterocycles. The molecule has 0 radical (unpaired) electrons. The highest BCUT2D eigenvalue weighted by Gasteiger charge is 2.33. The van der Waals surface area contributed by atoms with E-state index in [0.29, 0.717) is 0 Å². The van der Waals surface area contributed by atoms with Crippen LogP contribution in [0.2, 0.25) is 0 Å². The summed E-state index contributed by atoms with van der Waals surface area (Å²) in [5.74, 6) is 1.08. The maximum atomic E-state index is 11.7. The Balaban J connectivity index is 0.000000433. The number of nitrogens with zero attached hydrogens (tertiary/aromatic N) is 3. The van der Waals surface area contributed by atoms with Gasteiger partial charge in [-0.1, -0.05) is 88.0 Å². The first kappa shape index (κ1) is 33.9. The maximum absolute atomic E-state index is 11.7. The molecule has 0 saturated carbocycles. The van der Waals surface area contributed by atoms with E-state index < -0.39 is 0 Å². The molecule has 0 spiro atoms. The molecule has 5 nitrogen and oxygen atoms in total. The maximum Gasteiger partial charge on any atom is 0.219 e. The summed E-state index contributed by atoms with van der Waals surface area (Å²) in [4.78, 5) is 18.5. The second-order valence-corrected chi connectivity index (χ2v) is 11.7. The van der Waals surface area contributed by atoms with Crippen LogP contribution in [0.3, 0.4) is 0 Å². The lowest BCUT2D eigenvalue weighted by atomic mass is 9.93. The predicted octanol–water partition coefficient (Wildman–Crippen LogP) is 7.83. The van der Waals surface area contributed by atoms with Gasteiger partial charge < -0.3 is 14.5 Å². The quantitative estimate of drug-likeness (QED) is 0.271. The lowest BCUT2D eigenvalue weighted by Gasteiger charge is -2.37. The third-order valence-electron chi connectivity index (χ3n) is 8.67. The van der Waals surface area contributed by atoms with Crippen molar-refractivity contribution in [3.8, 4) is 5.75 Å². The highest BCUT2D eigenvalue weighted by Crippen LogP contribution is 2.36. The number of benzene rings is 3. The van der Waals surface area contributed by atoms with Gasteiger partial charge in [-0.05, 0) is 67.5 Å². The van der Waals surface area contributed by atoms with Gasteiger partial charge in [0.2, 0.25) is 5.91 Å². The second-order valence-electron chi connectivity index (χ2n) is 11.7. The van der Waals surface area contributed by atoms with Gasteiger partial charge in [-0.3, -0.25) is 9.69 Å². The monoisotopic (exact) mass is 583 g/mol. The predicted molar refractivity (Wildman–Crippen MR) is 181 cm³/mol. The van der Waals surface area contributed by atoms with Gasteiger partial charge in [-0.25, -0.2) is 0 Å². The van der Waals surface area contributed by atoms with Crippen molar-refractivity contribution < 1.29 is 9.53 Å². The fourth-order valence-corrected chi connectivity index (χ4v) is 5.73. The number of rotatable bonds is 8. The van der Waals surface area contributed by atoms with Crippen molar-refractivity contribution in [1.82, 2.24) is 14.7 Å². The molecule has 0 unspecified atom stereocenters. The van der Waals surface area contributed by atoms with Gasteiger partial charge in [0, 0.05) is 63.0 Å². The zero-order chi connectivity index (χ0) is 31.4. The summed E-state index contributed by atoms with van der Waals surface area (Å²) >= 11 is 0. The smallest absolute Gasteiger partial charge is 0.219 e. The SMILES string of the molecule is C=C(c1cccc2c1CN(C(C)(C)CCc1cccc(OC)c1)C2)N1CCN(C(C)=O)CC1.CC.CCc1ccccc1. The molecule has 0 N–H and O–H groups in total. The van der Waals surface area contributed by atoms with Crippen molar-refractivity contribution in [3.63, 3.8) is 0 Å². The molecule has 2 aliphatic rings. The minimum Gasteiger partial charge on any atom is -0.497 e. The average molecular weight is 584 g/mol. The van der Waals surface area contributed by atoms with Crippen molar-refractivity contribution in [1.29, 1.82) is 0 Å². The standard InChI is InChI=1S/C28H37N3O2.C8H10.C2H6/c1-21(29-14-16-30(17-15-29)22(2)32)26-11-7-9-24-19-31(20-27(24)26)28(3,4)13-12-23-8-6-10-25(18-23)33-5;1-2-8-6-4-3-5-7-8;1-2/h6-11,18H,1,12-17,19-20H2,2-5H3;3-7H,2H2,1H3;1-2H3. The first-order valence-electron chi connectivity index (χ1n) is 15.9. The van der Waals surface area contributed by atoms with Gasteiger partial charge in [-0.2, -0.15) is 0 Å². The van der Waals surface area contributed by atoms with E-state index in [1.165, 1.54) is 27.8 Å². The Morgan fingerprint density at radius 3 is 2.09 bits per heavy atom. The van der Waals surface area contributed by atoms with Gasteiger partial charge in [0.05, 0.1) is 7.11 Å². The summed E-state index contributed by atoms with van der Waals surface area (Å²) in [5, 5.41) is 0. The Hall–Kier alpha value is -3.57. The van der Waals surface area contributed by atoms with E-state index in [-0.39, 0.29) is 11.4 Å².